The topological polar surface area (TPSA) is 62.2 Å². The molecule has 0 saturated carbocycles. The number of benzene rings is 1. The molecular weight excluding hydrogens is 378 g/mol. The summed E-state index contributed by atoms with van der Waals surface area (Å²) < 4.78 is 10.8. The van der Waals surface area contributed by atoms with Crippen molar-refractivity contribution < 1.29 is 9.47 Å². The highest BCUT2D eigenvalue weighted by Crippen LogP contribution is 2.25. The minimum absolute atomic E-state index is 0.607. The third-order valence-electron chi connectivity index (χ3n) is 5.25. The zero-order valence-corrected chi connectivity index (χ0v) is 18.5. The van der Waals surface area contributed by atoms with Gasteiger partial charge in [0.1, 0.15) is 17.3 Å². The number of ether oxygens (including phenoxy) is 2. The van der Waals surface area contributed by atoms with Gasteiger partial charge in [-0.05, 0) is 49.6 Å². The molecular formula is C23H33N5O2. The first kappa shape index (κ1) is 21.7. The molecule has 2 heterocycles. The smallest absolute Gasteiger partial charge is 0.194 e. The summed E-state index contributed by atoms with van der Waals surface area (Å²) in [6.45, 7) is 6.35. The Morgan fingerprint density at radius 1 is 1.17 bits per heavy atom. The van der Waals surface area contributed by atoms with Crippen molar-refractivity contribution in [1.82, 2.24) is 15.2 Å². The lowest BCUT2D eigenvalue weighted by Gasteiger charge is -2.23. The highest BCUT2D eigenvalue weighted by atomic mass is 16.5. The van der Waals surface area contributed by atoms with Gasteiger partial charge in [0.05, 0.1) is 20.8 Å². The van der Waals surface area contributed by atoms with Crippen LogP contribution in [-0.2, 0) is 13.1 Å². The molecule has 2 aromatic rings. The standard InChI is InChI=1S/C23H33N5O2/c1-5-24-23(27(2)17-19-8-9-20(29-3)15-21(19)30-4)26-16-18-10-11-25-22(14-18)28-12-6-7-13-28/h8-11,14-15H,5-7,12-13,16-17H2,1-4H3,(H,24,26). The molecule has 1 aliphatic rings. The third-order valence-corrected chi connectivity index (χ3v) is 5.25. The van der Waals surface area contributed by atoms with Crippen molar-refractivity contribution in [3.63, 3.8) is 0 Å². The van der Waals surface area contributed by atoms with Crippen LogP contribution in [0, 0.1) is 0 Å². The highest BCUT2D eigenvalue weighted by molar-refractivity contribution is 5.79. The molecule has 3 rings (SSSR count). The second-order valence-electron chi connectivity index (χ2n) is 7.42. The van der Waals surface area contributed by atoms with Crippen molar-refractivity contribution in [3.05, 3.63) is 47.7 Å². The molecule has 162 valence electrons. The molecule has 0 atom stereocenters. The van der Waals surface area contributed by atoms with Crippen LogP contribution in [0.2, 0.25) is 0 Å². The molecule has 30 heavy (non-hydrogen) atoms. The maximum atomic E-state index is 5.54. The van der Waals surface area contributed by atoms with Gasteiger partial charge in [0.2, 0.25) is 0 Å². The SMILES string of the molecule is CCNC(=NCc1ccnc(N2CCCC2)c1)N(C)Cc1ccc(OC)cc1OC. The molecule has 1 fully saturated rings. The van der Waals surface area contributed by atoms with Gasteiger partial charge in [0.15, 0.2) is 5.96 Å². The fourth-order valence-corrected chi connectivity index (χ4v) is 3.63. The first-order valence-corrected chi connectivity index (χ1v) is 10.5. The number of anilines is 1. The van der Waals surface area contributed by atoms with E-state index < -0.39 is 0 Å². The Labute approximate surface area is 179 Å². The number of hydrogen-bond donors (Lipinski definition) is 1. The van der Waals surface area contributed by atoms with E-state index in [-0.39, 0.29) is 0 Å². The zero-order valence-electron chi connectivity index (χ0n) is 18.5. The van der Waals surface area contributed by atoms with Crippen LogP contribution in [0.4, 0.5) is 5.82 Å². The van der Waals surface area contributed by atoms with Gasteiger partial charge in [-0.25, -0.2) is 9.98 Å². The fraction of sp³-hybridized carbons (Fsp3) is 0.478. The number of pyridine rings is 1. The predicted octanol–water partition coefficient (Wildman–Crippen LogP) is 3.30. The number of nitrogens with one attached hydrogen (secondary N) is 1. The van der Waals surface area contributed by atoms with Gasteiger partial charge in [-0.15, -0.1) is 0 Å². The van der Waals surface area contributed by atoms with Crippen molar-refractivity contribution >= 4 is 11.8 Å². The van der Waals surface area contributed by atoms with Crippen molar-refractivity contribution in [1.29, 1.82) is 0 Å². The van der Waals surface area contributed by atoms with E-state index in [1.165, 1.54) is 12.8 Å². The first-order valence-electron chi connectivity index (χ1n) is 10.5. The normalized spacial score (nSPS) is 14.0. The van der Waals surface area contributed by atoms with Gasteiger partial charge in [-0.1, -0.05) is 0 Å². The van der Waals surface area contributed by atoms with Crippen LogP contribution in [0.25, 0.3) is 0 Å². The second-order valence-corrected chi connectivity index (χ2v) is 7.42. The van der Waals surface area contributed by atoms with Gasteiger partial charge in [0.25, 0.3) is 0 Å². The summed E-state index contributed by atoms with van der Waals surface area (Å²) in [5.41, 5.74) is 2.24. The quantitative estimate of drug-likeness (QED) is 0.531. The van der Waals surface area contributed by atoms with Gasteiger partial charge in [-0.3, -0.25) is 0 Å². The van der Waals surface area contributed by atoms with Crippen molar-refractivity contribution in [2.24, 2.45) is 4.99 Å². The van der Waals surface area contributed by atoms with E-state index in [1.54, 1.807) is 14.2 Å². The molecule has 0 radical (unpaired) electrons. The first-order chi connectivity index (χ1) is 14.6. The van der Waals surface area contributed by atoms with E-state index in [0.717, 1.165) is 54.0 Å². The van der Waals surface area contributed by atoms with Crippen molar-refractivity contribution in [3.8, 4) is 11.5 Å². The zero-order chi connectivity index (χ0) is 21.3. The molecule has 1 aliphatic heterocycles. The number of methoxy groups -OCH3 is 2. The number of aliphatic imine (C=N–C) groups is 1. The summed E-state index contributed by atoms with van der Waals surface area (Å²) in [5, 5.41) is 3.39. The Morgan fingerprint density at radius 3 is 2.67 bits per heavy atom. The molecule has 1 aromatic heterocycles. The Balaban J connectivity index is 1.71. The van der Waals surface area contributed by atoms with Gasteiger partial charge in [0, 0.05) is 51.1 Å². The second kappa shape index (κ2) is 10.7. The van der Waals surface area contributed by atoms with Crippen molar-refractivity contribution in [2.45, 2.75) is 32.9 Å². The number of rotatable bonds is 8. The van der Waals surface area contributed by atoms with E-state index in [4.69, 9.17) is 14.5 Å². The molecule has 0 amide bonds. The molecule has 7 nitrogen and oxygen atoms in total. The van der Waals surface area contributed by atoms with Crippen LogP contribution in [-0.4, -0.2) is 56.7 Å². The van der Waals surface area contributed by atoms with Crippen LogP contribution in [0.3, 0.4) is 0 Å². The van der Waals surface area contributed by atoms with E-state index in [1.807, 2.05) is 37.5 Å². The molecule has 0 aliphatic carbocycles. The van der Waals surface area contributed by atoms with E-state index in [9.17, 15) is 0 Å². The lowest BCUT2D eigenvalue weighted by atomic mass is 10.2. The molecule has 0 bridgehead atoms. The summed E-state index contributed by atoms with van der Waals surface area (Å²) >= 11 is 0. The maximum Gasteiger partial charge on any atom is 0.194 e. The average Bonchev–Trinajstić information content (AvgIpc) is 3.32. The summed E-state index contributed by atoms with van der Waals surface area (Å²) in [5.74, 6) is 3.50. The van der Waals surface area contributed by atoms with Crippen LogP contribution in [0.15, 0.2) is 41.5 Å². The van der Waals surface area contributed by atoms with Gasteiger partial charge >= 0.3 is 0 Å². The number of hydrogen-bond acceptors (Lipinski definition) is 5. The Morgan fingerprint density at radius 2 is 1.97 bits per heavy atom. The molecule has 1 saturated heterocycles. The van der Waals surface area contributed by atoms with E-state index in [0.29, 0.717) is 13.1 Å². The minimum Gasteiger partial charge on any atom is -0.497 e. The van der Waals surface area contributed by atoms with Gasteiger partial charge < -0.3 is 24.6 Å². The Bertz CT molecular complexity index is 849. The average molecular weight is 412 g/mol. The maximum absolute atomic E-state index is 5.54. The summed E-state index contributed by atoms with van der Waals surface area (Å²) in [6, 6.07) is 10.1. The van der Waals surface area contributed by atoms with Crippen LogP contribution in [0.1, 0.15) is 30.9 Å². The fourth-order valence-electron chi connectivity index (χ4n) is 3.63. The highest BCUT2D eigenvalue weighted by Gasteiger charge is 2.14. The number of aromatic nitrogens is 1. The predicted molar refractivity (Wildman–Crippen MR) is 122 cm³/mol. The van der Waals surface area contributed by atoms with E-state index >= 15 is 0 Å². The van der Waals surface area contributed by atoms with E-state index in [2.05, 4.69) is 33.1 Å². The van der Waals surface area contributed by atoms with Crippen LogP contribution < -0.4 is 19.7 Å². The van der Waals surface area contributed by atoms with Crippen molar-refractivity contribution in [2.75, 3.05) is 45.8 Å². The molecule has 1 aromatic carbocycles. The monoisotopic (exact) mass is 411 g/mol. The lowest BCUT2D eigenvalue weighted by molar-refractivity contribution is 0.382. The molecule has 0 unspecified atom stereocenters. The lowest BCUT2D eigenvalue weighted by Crippen LogP contribution is -2.38. The number of guanidine groups is 1. The van der Waals surface area contributed by atoms with Gasteiger partial charge in [-0.2, -0.15) is 0 Å². The number of nitrogens with zero attached hydrogens (tertiary/aromatic N) is 4. The van der Waals surface area contributed by atoms with Crippen LogP contribution in [0.5, 0.6) is 11.5 Å². The van der Waals surface area contributed by atoms with Crippen LogP contribution >= 0.6 is 0 Å². The summed E-state index contributed by atoms with van der Waals surface area (Å²) in [6.07, 6.45) is 4.37. The summed E-state index contributed by atoms with van der Waals surface area (Å²) in [4.78, 5) is 13.8. The molecule has 1 N–H and O–H groups in total. The third kappa shape index (κ3) is 5.55. The molecule has 0 spiro atoms. The Kier molecular flexibility index (Phi) is 7.76. The largest absolute Gasteiger partial charge is 0.497 e. The summed E-state index contributed by atoms with van der Waals surface area (Å²) in [7, 11) is 5.37. The minimum atomic E-state index is 0.607. The Hall–Kier alpha value is -2.96. The molecule has 7 heteroatoms.